The first-order chi connectivity index (χ1) is 7.34. The lowest BCUT2D eigenvalue weighted by molar-refractivity contribution is 0.0967. The van der Waals surface area contributed by atoms with Crippen LogP contribution in [-0.2, 0) is 0 Å². The van der Waals surface area contributed by atoms with Gasteiger partial charge in [-0.15, -0.1) is 0 Å². The second-order valence-electron chi connectivity index (χ2n) is 4.06. The lowest BCUT2D eigenvalue weighted by Crippen LogP contribution is -2.01. The highest BCUT2D eigenvalue weighted by Crippen LogP contribution is 2.32. The summed E-state index contributed by atoms with van der Waals surface area (Å²) in [4.78, 5) is 16.1. The zero-order chi connectivity index (χ0) is 10.3. The maximum atomic E-state index is 11.8. The molecule has 1 aromatic heterocycles. The number of carbonyl (C=O) groups excluding carboxylic acids is 1. The second kappa shape index (κ2) is 3.16. The van der Waals surface area contributed by atoms with Gasteiger partial charge in [0.2, 0.25) is 0 Å². The minimum Gasteiger partial charge on any atom is -0.294 e. The van der Waals surface area contributed by atoms with Crippen LogP contribution in [-0.4, -0.2) is 10.8 Å². The molecular formula is C13H11NO. The molecule has 0 spiro atoms. The minimum atomic E-state index is 0.258. The minimum absolute atomic E-state index is 0.258. The number of rotatable bonds is 2. The van der Waals surface area contributed by atoms with Gasteiger partial charge in [-0.05, 0) is 25.0 Å². The summed E-state index contributed by atoms with van der Waals surface area (Å²) in [6.07, 6.45) is 3.79. The number of carbonyl (C=O) groups is 1. The van der Waals surface area contributed by atoms with Gasteiger partial charge < -0.3 is 0 Å². The number of Topliss-reactive ketones (excluding diaryl/α,β-unsaturated/α-hetero) is 1. The standard InChI is InChI=1S/C13H11NO/c15-13(9-5-6-9)11-7-10-3-1-2-4-12(10)14-8-11/h1-4,7-9H,5-6H2. The van der Waals surface area contributed by atoms with Gasteiger partial charge in [-0.2, -0.15) is 0 Å². The Morgan fingerprint density at radius 1 is 1.27 bits per heavy atom. The molecule has 0 bridgehead atoms. The van der Waals surface area contributed by atoms with Crippen molar-refractivity contribution >= 4 is 16.7 Å². The number of para-hydroxylation sites is 1. The predicted molar refractivity (Wildman–Crippen MR) is 58.8 cm³/mol. The quantitative estimate of drug-likeness (QED) is 0.693. The highest BCUT2D eigenvalue weighted by molar-refractivity contribution is 6.01. The number of pyridine rings is 1. The molecule has 1 heterocycles. The van der Waals surface area contributed by atoms with Crippen molar-refractivity contribution in [2.75, 3.05) is 0 Å². The van der Waals surface area contributed by atoms with Crippen molar-refractivity contribution < 1.29 is 4.79 Å². The number of nitrogens with zero attached hydrogens (tertiary/aromatic N) is 1. The molecule has 0 amide bonds. The first-order valence-corrected chi connectivity index (χ1v) is 5.23. The number of benzene rings is 1. The molecule has 1 aliphatic rings. The van der Waals surface area contributed by atoms with Crippen LogP contribution in [0.4, 0.5) is 0 Å². The third-order valence-electron chi connectivity index (χ3n) is 2.82. The number of fused-ring (bicyclic) bond motifs is 1. The maximum Gasteiger partial charge on any atom is 0.167 e. The van der Waals surface area contributed by atoms with E-state index in [9.17, 15) is 4.79 Å². The average molecular weight is 197 g/mol. The Balaban J connectivity index is 2.09. The molecule has 0 saturated heterocycles. The monoisotopic (exact) mass is 197 g/mol. The van der Waals surface area contributed by atoms with E-state index in [4.69, 9.17) is 0 Å². The van der Waals surface area contributed by atoms with Gasteiger partial charge in [0.1, 0.15) is 0 Å². The van der Waals surface area contributed by atoms with Gasteiger partial charge in [-0.1, -0.05) is 18.2 Å². The molecule has 1 saturated carbocycles. The topological polar surface area (TPSA) is 30.0 Å². The predicted octanol–water partition coefficient (Wildman–Crippen LogP) is 2.83. The van der Waals surface area contributed by atoms with Crippen molar-refractivity contribution in [1.29, 1.82) is 0 Å². The van der Waals surface area contributed by atoms with E-state index in [0.717, 1.165) is 29.3 Å². The van der Waals surface area contributed by atoms with E-state index in [1.54, 1.807) is 6.20 Å². The molecule has 0 radical (unpaired) electrons. The molecule has 74 valence electrons. The number of ketones is 1. The lowest BCUT2D eigenvalue weighted by Gasteiger charge is -2.00. The van der Waals surface area contributed by atoms with Crippen LogP contribution in [0.25, 0.3) is 10.9 Å². The molecule has 2 heteroatoms. The summed E-state index contributed by atoms with van der Waals surface area (Å²) < 4.78 is 0. The summed E-state index contributed by atoms with van der Waals surface area (Å²) >= 11 is 0. The summed E-state index contributed by atoms with van der Waals surface area (Å²) in [6, 6.07) is 9.82. The Bertz CT molecular complexity index is 529. The van der Waals surface area contributed by atoms with Crippen LogP contribution in [0.15, 0.2) is 36.5 Å². The zero-order valence-electron chi connectivity index (χ0n) is 8.31. The van der Waals surface area contributed by atoms with Crippen LogP contribution < -0.4 is 0 Å². The fourth-order valence-corrected chi connectivity index (χ4v) is 1.79. The van der Waals surface area contributed by atoms with Gasteiger partial charge in [-0.25, -0.2) is 0 Å². The van der Waals surface area contributed by atoms with Crippen molar-refractivity contribution in [3.8, 4) is 0 Å². The summed E-state index contributed by atoms with van der Waals surface area (Å²) in [7, 11) is 0. The number of hydrogen-bond acceptors (Lipinski definition) is 2. The Morgan fingerprint density at radius 2 is 2.07 bits per heavy atom. The second-order valence-corrected chi connectivity index (χ2v) is 4.06. The summed E-state index contributed by atoms with van der Waals surface area (Å²) in [6.45, 7) is 0. The number of aromatic nitrogens is 1. The normalized spacial score (nSPS) is 15.5. The Hall–Kier alpha value is -1.70. The summed E-state index contributed by atoms with van der Waals surface area (Å²) in [5.74, 6) is 0.529. The molecule has 1 fully saturated rings. The molecule has 3 rings (SSSR count). The van der Waals surface area contributed by atoms with E-state index in [-0.39, 0.29) is 11.7 Å². The van der Waals surface area contributed by atoms with E-state index < -0.39 is 0 Å². The van der Waals surface area contributed by atoms with Crippen molar-refractivity contribution in [1.82, 2.24) is 4.98 Å². The largest absolute Gasteiger partial charge is 0.294 e. The van der Waals surface area contributed by atoms with E-state index >= 15 is 0 Å². The van der Waals surface area contributed by atoms with Gasteiger partial charge in [0.15, 0.2) is 5.78 Å². The van der Waals surface area contributed by atoms with E-state index in [0.29, 0.717) is 0 Å². The van der Waals surface area contributed by atoms with Gasteiger partial charge in [-0.3, -0.25) is 9.78 Å². The van der Waals surface area contributed by atoms with Crippen LogP contribution in [0, 0.1) is 5.92 Å². The van der Waals surface area contributed by atoms with Gasteiger partial charge in [0.05, 0.1) is 5.52 Å². The van der Waals surface area contributed by atoms with E-state index in [2.05, 4.69) is 4.98 Å². The molecule has 2 nitrogen and oxygen atoms in total. The van der Waals surface area contributed by atoms with Crippen molar-refractivity contribution in [3.63, 3.8) is 0 Å². The highest BCUT2D eigenvalue weighted by atomic mass is 16.1. The SMILES string of the molecule is O=C(c1cnc2ccccc2c1)C1CC1. The third kappa shape index (κ3) is 1.52. The third-order valence-corrected chi connectivity index (χ3v) is 2.82. The highest BCUT2D eigenvalue weighted by Gasteiger charge is 2.30. The Morgan fingerprint density at radius 3 is 2.87 bits per heavy atom. The first kappa shape index (κ1) is 8.60. The maximum absolute atomic E-state index is 11.8. The smallest absolute Gasteiger partial charge is 0.167 e. The molecule has 0 aliphatic heterocycles. The van der Waals surface area contributed by atoms with Crippen LogP contribution in [0.5, 0.6) is 0 Å². The average Bonchev–Trinajstić information content (AvgIpc) is 3.11. The van der Waals surface area contributed by atoms with Crippen LogP contribution in [0.3, 0.4) is 0 Å². The lowest BCUT2D eigenvalue weighted by atomic mass is 10.1. The van der Waals surface area contributed by atoms with Crippen LogP contribution >= 0.6 is 0 Å². The molecule has 1 aliphatic carbocycles. The molecular weight excluding hydrogens is 186 g/mol. The van der Waals surface area contributed by atoms with Crippen molar-refractivity contribution in [3.05, 3.63) is 42.1 Å². The fourth-order valence-electron chi connectivity index (χ4n) is 1.79. The Kier molecular flexibility index (Phi) is 1.81. The summed E-state index contributed by atoms with van der Waals surface area (Å²) in [5.41, 5.74) is 1.71. The molecule has 2 aromatic rings. The number of hydrogen-bond donors (Lipinski definition) is 0. The van der Waals surface area contributed by atoms with Crippen LogP contribution in [0.1, 0.15) is 23.2 Å². The zero-order valence-corrected chi connectivity index (χ0v) is 8.31. The molecule has 0 atom stereocenters. The van der Waals surface area contributed by atoms with E-state index in [1.165, 1.54) is 0 Å². The van der Waals surface area contributed by atoms with Crippen molar-refractivity contribution in [2.45, 2.75) is 12.8 Å². The fraction of sp³-hybridized carbons (Fsp3) is 0.231. The molecule has 1 aromatic carbocycles. The van der Waals surface area contributed by atoms with Gasteiger partial charge in [0.25, 0.3) is 0 Å². The molecule has 0 N–H and O–H groups in total. The summed E-state index contributed by atoms with van der Waals surface area (Å²) in [5, 5.41) is 1.05. The van der Waals surface area contributed by atoms with Crippen molar-refractivity contribution in [2.24, 2.45) is 5.92 Å². The molecule has 0 unspecified atom stereocenters. The van der Waals surface area contributed by atoms with Gasteiger partial charge in [0, 0.05) is 23.1 Å². The van der Waals surface area contributed by atoms with Crippen LogP contribution in [0.2, 0.25) is 0 Å². The van der Waals surface area contributed by atoms with E-state index in [1.807, 2.05) is 30.3 Å². The first-order valence-electron chi connectivity index (χ1n) is 5.23. The van der Waals surface area contributed by atoms with Gasteiger partial charge >= 0.3 is 0 Å². The Labute approximate surface area is 87.9 Å². The molecule has 15 heavy (non-hydrogen) atoms.